The second-order valence-corrected chi connectivity index (χ2v) is 9.32. The Labute approximate surface area is 212 Å². The van der Waals surface area contributed by atoms with Gasteiger partial charge in [-0.05, 0) is 36.5 Å². The lowest BCUT2D eigenvalue weighted by Gasteiger charge is -2.19. The summed E-state index contributed by atoms with van der Waals surface area (Å²) in [4.78, 5) is 36.3. The van der Waals surface area contributed by atoms with Crippen LogP contribution in [0.3, 0.4) is 0 Å². The van der Waals surface area contributed by atoms with Gasteiger partial charge in [0.05, 0.1) is 25.5 Å². The molecule has 0 bridgehead atoms. The van der Waals surface area contributed by atoms with E-state index >= 15 is 0 Å². The molecule has 0 fully saturated rings. The summed E-state index contributed by atoms with van der Waals surface area (Å²) in [6.45, 7) is 8.30. The fourth-order valence-corrected chi connectivity index (χ4v) is 3.89. The van der Waals surface area contributed by atoms with Crippen LogP contribution in [-0.4, -0.2) is 59.5 Å². The number of carboxylic acid groups (broad SMARTS) is 1. The molecule has 2 atom stereocenters. The number of aliphatic carboxylic acids is 1. The number of hydrogen-bond acceptors (Lipinski definition) is 6. The number of benzene rings is 1. The maximum Gasteiger partial charge on any atom is 0.322 e. The van der Waals surface area contributed by atoms with Gasteiger partial charge < -0.3 is 25.2 Å². The van der Waals surface area contributed by atoms with Crippen LogP contribution in [0.2, 0.25) is 0 Å². The standard InChI is InChI=1S/C26H38N4O6/c1-7-17(4)15-30-20(25-21(35-5)9-8-10-22(25)36-6)13-19(29-30)26(34)28-18(11-16(2)3)12-23(31)27-14-24(32)33/h8-10,13,16-18H,7,11-12,14-15H2,1-6H3,(H,27,31)(H,28,34)(H,32,33). The summed E-state index contributed by atoms with van der Waals surface area (Å²) in [7, 11) is 3.15. The number of carbonyl (C=O) groups is 3. The predicted octanol–water partition coefficient (Wildman–Crippen LogP) is 3.35. The smallest absolute Gasteiger partial charge is 0.322 e. The van der Waals surface area contributed by atoms with Crippen molar-refractivity contribution < 1.29 is 29.0 Å². The molecule has 0 saturated carbocycles. The first-order valence-corrected chi connectivity index (χ1v) is 12.2. The first-order chi connectivity index (χ1) is 17.1. The van der Waals surface area contributed by atoms with Gasteiger partial charge in [-0.1, -0.05) is 40.2 Å². The Bertz CT molecular complexity index is 1030. The van der Waals surface area contributed by atoms with Gasteiger partial charge in [-0.15, -0.1) is 0 Å². The lowest BCUT2D eigenvalue weighted by Crippen LogP contribution is -2.41. The molecule has 0 saturated heterocycles. The molecule has 10 heteroatoms. The Kier molecular flexibility index (Phi) is 10.8. The number of methoxy groups -OCH3 is 2. The van der Waals surface area contributed by atoms with Crippen molar-refractivity contribution in [3.63, 3.8) is 0 Å². The van der Waals surface area contributed by atoms with E-state index in [4.69, 9.17) is 14.6 Å². The topological polar surface area (TPSA) is 132 Å². The van der Waals surface area contributed by atoms with Crippen LogP contribution >= 0.6 is 0 Å². The van der Waals surface area contributed by atoms with Crippen LogP contribution in [0.25, 0.3) is 11.3 Å². The molecule has 0 aliphatic rings. The van der Waals surface area contributed by atoms with Crippen LogP contribution in [0.15, 0.2) is 24.3 Å². The average molecular weight is 503 g/mol. The predicted molar refractivity (Wildman–Crippen MR) is 136 cm³/mol. The van der Waals surface area contributed by atoms with Crippen molar-refractivity contribution in [3.8, 4) is 22.8 Å². The third-order valence-electron chi connectivity index (χ3n) is 5.84. The molecular weight excluding hydrogens is 464 g/mol. The van der Waals surface area contributed by atoms with Gasteiger partial charge in [0.2, 0.25) is 5.91 Å². The molecule has 2 rings (SSSR count). The van der Waals surface area contributed by atoms with E-state index in [1.165, 1.54) is 0 Å². The zero-order valence-corrected chi connectivity index (χ0v) is 22.0. The highest BCUT2D eigenvalue weighted by atomic mass is 16.5. The molecule has 0 spiro atoms. The van der Waals surface area contributed by atoms with E-state index in [0.29, 0.717) is 41.6 Å². The van der Waals surface area contributed by atoms with Crippen molar-refractivity contribution in [2.45, 2.75) is 59.5 Å². The molecule has 2 amide bonds. The van der Waals surface area contributed by atoms with Gasteiger partial charge >= 0.3 is 5.97 Å². The van der Waals surface area contributed by atoms with E-state index in [1.807, 2.05) is 32.0 Å². The maximum absolute atomic E-state index is 13.3. The van der Waals surface area contributed by atoms with Gasteiger partial charge in [0.25, 0.3) is 5.91 Å². The largest absolute Gasteiger partial charge is 0.496 e. The molecule has 3 N–H and O–H groups in total. The third kappa shape index (κ3) is 8.00. The number of rotatable bonds is 14. The molecule has 1 heterocycles. The highest BCUT2D eigenvalue weighted by Gasteiger charge is 2.24. The molecule has 198 valence electrons. The lowest BCUT2D eigenvalue weighted by atomic mass is 10.0. The number of nitrogens with one attached hydrogen (secondary N) is 2. The molecule has 1 aromatic heterocycles. The molecule has 0 aliphatic heterocycles. The van der Waals surface area contributed by atoms with Gasteiger partial charge in [0, 0.05) is 19.0 Å². The van der Waals surface area contributed by atoms with E-state index < -0.39 is 30.4 Å². The minimum Gasteiger partial charge on any atom is -0.496 e. The van der Waals surface area contributed by atoms with Gasteiger partial charge in [0.1, 0.15) is 18.0 Å². The molecule has 2 aromatic rings. The first-order valence-electron chi connectivity index (χ1n) is 12.2. The lowest BCUT2D eigenvalue weighted by molar-refractivity contribution is -0.138. The summed E-state index contributed by atoms with van der Waals surface area (Å²) in [6, 6.07) is 6.71. The third-order valence-corrected chi connectivity index (χ3v) is 5.84. The highest BCUT2D eigenvalue weighted by molar-refractivity contribution is 5.94. The second-order valence-electron chi connectivity index (χ2n) is 9.32. The normalized spacial score (nSPS) is 12.6. The van der Waals surface area contributed by atoms with Crippen molar-refractivity contribution in [2.24, 2.45) is 11.8 Å². The van der Waals surface area contributed by atoms with E-state index in [2.05, 4.69) is 29.6 Å². The van der Waals surface area contributed by atoms with E-state index in [0.717, 1.165) is 6.42 Å². The van der Waals surface area contributed by atoms with Crippen molar-refractivity contribution in [1.82, 2.24) is 20.4 Å². The number of aromatic nitrogens is 2. The monoisotopic (exact) mass is 502 g/mol. The zero-order chi connectivity index (χ0) is 26.8. The van der Waals surface area contributed by atoms with Crippen LogP contribution in [0.1, 0.15) is 57.4 Å². The van der Waals surface area contributed by atoms with Crippen molar-refractivity contribution in [3.05, 3.63) is 30.0 Å². The second kappa shape index (κ2) is 13.5. The van der Waals surface area contributed by atoms with Crippen LogP contribution in [0.5, 0.6) is 11.5 Å². The van der Waals surface area contributed by atoms with Crippen molar-refractivity contribution >= 4 is 17.8 Å². The number of ether oxygens (including phenoxy) is 2. The molecule has 0 radical (unpaired) electrons. The Morgan fingerprint density at radius 1 is 1.11 bits per heavy atom. The maximum atomic E-state index is 13.3. The van der Waals surface area contributed by atoms with Gasteiger partial charge in [0.15, 0.2) is 5.69 Å². The summed E-state index contributed by atoms with van der Waals surface area (Å²) >= 11 is 0. The highest BCUT2D eigenvalue weighted by Crippen LogP contribution is 2.39. The summed E-state index contributed by atoms with van der Waals surface area (Å²) in [5.74, 6) is -0.265. The number of nitrogens with zero attached hydrogens (tertiary/aromatic N) is 2. The number of carbonyl (C=O) groups excluding carboxylic acids is 2. The minimum atomic E-state index is -1.13. The summed E-state index contributed by atoms with van der Waals surface area (Å²) < 4.78 is 13.0. The molecule has 2 unspecified atom stereocenters. The van der Waals surface area contributed by atoms with E-state index in [1.54, 1.807) is 25.0 Å². The van der Waals surface area contributed by atoms with Crippen LogP contribution in [-0.2, 0) is 16.1 Å². The van der Waals surface area contributed by atoms with Crippen LogP contribution in [0.4, 0.5) is 0 Å². The van der Waals surface area contributed by atoms with E-state index in [9.17, 15) is 14.4 Å². The SMILES string of the molecule is CCC(C)Cn1nc(C(=O)NC(CC(=O)NCC(=O)O)CC(C)C)cc1-c1c(OC)cccc1OC. The van der Waals surface area contributed by atoms with Gasteiger partial charge in [-0.2, -0.15) is 5.10 Å². The molecule has 36 heavy (non-hydrogen) atoms. The minimum absolute atomic E-state index is 0.0298. The molecule has 0 aliphatic carbocycles. The zero-order valence-electron chi connectivity index (χ0n) is 22.0. The van der Waals surface area contributed by atoms with Gasteiger partial charge in [-0.3, -0.25) is 19.1 Å². The summed E-state index contributed by atoms with van der Waals surface area (Å²) in [5.41, 5.74) is 1.60. The van der Waals surface area contributed by atoms with Crippen LogP contribution < -0.4 is 20.1 Å². The van der Waals surface area contributed by atoms with Crippen LogP contribution in [0, 0.1) is 11.8 Å². The molecule has 1 aromatic carbocycles. The molecule has 10 nitrogen and oxygen atoms in total. The molecular formula is C26H38N4O6. The summed E-state index contributed by atoms with van der Waals surface area (Å²) in [5, 5.41) is 18.7. The Balaban J connectivity index is 2.40. The fourth-order valence-electron chi connectivity index (χ4n) is 3.89. The number of amides is 2. The number of hydrogen-bond donors (Lipinski definition) is 3. The first kappa shape index (κ1) is 28.7. The van der Waals surface area contributed by atoms with Crippen molar-refractivity contribution in [1.29, 1.82) is 0 Å². The quantitative estimate of drug-likeness (QED) is 0.361. The van der Waals surface area contributed by atoms with Crippen molar-refractivity contribution in [2.75, 3.05) is 20.8 Å². The fraction of sp³-hybridized carbons (Fsp3) is 0.538. The number of carboxylic acids is 1. The van der Waals surface area contributed by atoms with E-state index in [-0.39, 0.29) is 18.0 Å². The Hall–Kier alpha value is -3.56. The summed E-state index contributed by atoms with van der Waals surface area (Å²) in [6.07, 6.45) is 1.46. The van der Waals surface area contributed by atoms with Gasteiger partial charge in [-0.25, -0.2) is 0 Å². The Morgan fingerprint density at radius 3 is 2.28 bits per heavy atom. The average Bonchev–Trinajstić information content (AvgIpc) is 3.24. The Morgan fingerprint density at radius 2 is 1.75 bits per heavy atom.